The fourth-order valence-electron chi connectivity index (χ4n) is 5.98. The molecule has 1 saturated heterocycles. The zero-order valence-electron chi connectivity index (χ0n) is 24.5. The van der Waals surface area contributed by atoms with Crippen molar-refractivity contribution in [3.05, 3.63) is 120 Å². The maximum atomic E-state index is 14.4. The van der Waals surface area contributed by atoms with Crippen LogP contribution in [0.3, 0.4) is 0 Å². The SMILES string of the molecule is CCC(NC(=N)N)[C@H]1N[C@@H](CNC(=O)Cc2ccc3ccccc3c2)CCN(C(c2ccccc2)c2ccccc2)C1=O. The van der Waals surface area contributed by atoms with Gasteiger partial charge in [-0.15, -0.1) is 0 Å². The van der Waals surface area contributed by atoms with Crippen LogP contribution in [0.1, 0.15) is 42.5 Å². The zero-order valence-corrected chi connectivity index (χ0v) is 24.5. The number of nitrogens with one attached hydrogen (secondary N) is 4. The highest BCUT2D eigenvalue weighted by molar-refractivity contribution is 5.86. The molecule has 43 heavy (non-hydrogen) atoms. The molecule has 222 valence electrons. The summed E-state index contributed by atoms with van der Waals surface area (Å²) in [5, 5.41) is 19.7. The molecule has 2 amide bonds. The Labute approximate surface area is 253 Å². The van der Waals surface area contributed by atoms with Crippen molar-refractivity contribution in [2.24, 2.45) is 5.73 Å². The van der Waals surface area contributed by atoms with Crippen LogP contribution in [0.15, 0.2) is 103 Å². The minimum Gasteiger partial charge on any atom is -0.370 e. The highest BCUT2D eigenvalue weighted by Gasteiger charge is 2.39. The summed E-state index contributed by atoms with van der Waals surface area (Å²) in [6.07, 6.45) is 1.50. The first kappa shape index (κ1) is 29.8. The summed E-state index contributed by atoms with van der Waals surface area (Å²) in [7, 11) is 0. The summed E-state index contributed by atoms with van der Waals surface area (Å²) in [6, 6.07) is 32.8. The maximum Gasteiger partial charge on any atom is 0.242 e. The summed E-state index contributed by atoms with van der Waals surface area (Å²) < 4.78 is 0. The van der Waals surface area contributed by atoms with Crippen LogP contribution >= 0.6 is 0 Å². The van der Waals surface area contributed by atoms with Crippen LogP contribution in [-0.2, 0) is 16.0 Å². The van der Waals surface area contributed by atoms with E-state index in [1.54, 1.807) is 0 Å². The predicted molar refractivity (Wildman–Crippen MR) is 172 cm³/mol. The molecule has 1 aliphatic heterocycles. The molecular weight excluding hydrogens is 536 g/mol. The molecule has 1 heterocycles. The smallest absolute Gasteiger partial charge is 0.242 e. The third-order valence-corrected chi connectivity index (χ3v) is 8.13. The van der Waals surface area contributed by atoms with Crippen molar-refractivity contribution in [1.82, 2.24) is 20.9 Å². The number of carbonyl (C=O) groups excluding carboxylic acids is 2. The van der Waals surface area contributed by atoms with Crippen LogP contribution in [0.25, 0.3) is 10.8 Å². The van der Waals surface area contributed by atoms with Crippen molar-refractivity contribution >= 4 is 28.5 Å². The van der Waals surface area contributed by atoms with Gasteiger partial charge >= 0.3 is 0 Å². The normalized spacial score (nSPS) is 17.8. The summed E-state index contributed by atoms with van der Waals surface area (Å²) in [5.41, 5.74) is 8.74. The minimum absolute atomic E-state index is 0.0664. The number of hydrogen-bond acceptors (Lipinski definition) is 4. The van der Waals surface area contributed by atoms with E-state index in [9.17, 15) is 9.59 Å². The van der Waals surface area contributed by atoms with Gasteiger partial charge in [0, 0.05) is 19.1 Å². The summed E-state index contributed by atoms with van der Waals surface area (Å²) in [6.45, 7) is 2.84. The molecule has 6 N–H and O–H groups in total. The quantitative estimate of drug-likeness (QED) is 0.144. The van der Waals surface area contributed by atoms with E-state index in [4.69, 9.17) is 11.1 Å². The number of fused-ring (bicyclic) bond motifs is 1. The van der Waals surface area contributed by atoms with Crippen molar-refractivity contribution < 1.29 is 9.59 Å². The lowest BCUT2D eigenvalue weighted by Gasteiger charge is -2.35. The van der Waals surface area contributed by atoms with Crippen molar-refractivity contribution in [3.8, 4) is 0 Å². The molecule has 1 unspecified atom stereocenters. The second kappa shape index (κ2) is 14.0. The second-order valence-corrected chi connectivity index (χ2v) is 11.1. The molecule has 8 heteroatoms. The number of amides is 2. The highest BCUT2D eigenvalue weighted by atomic mass is 16.2. The van der Waals surface area contributed by atoms with E-state index in [1.807, 2.05) is 103 Å². The third kappa shape index (κ3) is 7.40. The third-order valence-electron chi connectivity index (χ3n) is 8.13. The molecule has 4 aromatic carbocycles. The topological polar surface area (TPSA) is 123 Å². The Hall–Kier alpha value is -4.69. The van der Waals surface area contributed by atoms with Gasteiger partial charge in [0.1, 0.15) is 6.04 Å². The minimum atomic E-state index is -0.645. The standard InChI is InChI=1S/C35H40N6O2/c1-2-30(40-35(36)37)32-34(43)41(33(26-12-5-3-6-13-26)27-14-7-4-8-15-27)20-19-29(39-32)23-38-31(42)22-24-17-18-25-11-9-10-16-28(25)21-24/h3-18,21,29-30,32-33,39H,2,19-20,22-23H2,1H3,(H,38,42)(H4,36,37,40)/t29-,30?,32-/m1/s1. The van der Waals surface area contributed by atoms with E-state index in [0.717, 1.165) is 27.5 Å². The number of guanidine groups is 1. The van der Waals surface area contributed by atoms with Crippen molar-refractivity contribution in [2.75, 3.05) is 13.1 Å². The van der Waals surface area contributed by atoms with Crippen LogP contribution < -0.4 is 21.7 Å². The van der Waals surface area contributed by atoms with Gasteiger partial charge in [-0.25, -0.2) is 0 Å². The first-order chi connectivity index (χ1) is 20.9. The molecule has 0 radical (unpaired) electrons. The number of carbonyl (C=O) groups is 2. The van der Waals surface area contributed by atoms with Crippen LogP contribution in [0.4, 0.5) is 0 Å². The second-order valence-electron chi connectivity index (χ2n) is 11.1. The highest BCUT2D eigenvalue weighted by Crippen LogP contribution is 2.31. The molecule has 5 rings (SSSR count). The van der Waals surface area contributed by atoms with Gasteiger partial charge in [0.05, 0.1) is 18.5 Å². The van der Waals surface area contributed by atoms with Gasteiger partial charge in [0.25, 0.3) is 0 Å². The average molecular weight is 577 g/mol. The summed E-state index contributed by atoms with van der Waals surface area (Å²) in [5.74, 6) is -0.315. The first-order valence-electron chi connectivity index (χ1n) is 14.9. The number of rotatable bonds is 10. The van der Waals surface area contributed by atoms with E-state index in [2.05, 4.69) is 28.1 Å². The average Bonchev–Trinajstić information content (AvgIpc) is 3.18. The Morgan fingerprint density at radius 1 is 0.953 bits per heavy atom. The number of nitrogens with two attached hydrogens (primary N) is 1. The fraction of sp³-hybridized carbons (Fsp3) is 0.286. The lowest BCUT2D eigenvalue weighted by atomic mass is 9.95. The maximum absolute atomic E-state index is 14.4. The first-order valence-corrected chi connectivity index (χ1v) is 14.9. The van der Waals surface area contributed by atoms with Gasteiger partial charge < -0.3 is 21.3 Å². The number of benzene rings is 4. The molecule has 3 atom stereocenters. The van der Waals surface area contributed by atoms with Crippen molar-refractivity contribution in [3.63, 3.8) is 0 Å². The summed E-state index contributed by atoms with van der Waals surface area (Å²) >= 11 is 0. The Morgan fingerprint density at radius 2 is 1.58 bits per heavy atom. The van der Waals surface area contributed by atoms with E-state index in [1.165, 1.54) is 0 Å². The zero-order chi connectivity index (χ0) is 30.2. The van der Waals surface area contributed by atoms with Gasteiger partial charge in [-0.2, -0.15) is 0 Å². The van der Waals surface area contributed by atoms with Gasteiger partial charge in [-0.05, 0) is 40.3 Å². The van der Waals surface area contributed by atoms with E-state index < -0.39 is 12.1 Å². The molecule has 0 bridgehead atoms. The lowest BCUT2D eigenvalue weighted by molar-refractivity contribution is -0.135. The number of hydrogen-bond donors (Lipinski definition) is 5. The van der Waals surface area contributed by atoms with Gasteiger partial charge in [0.2, 0.25) is 11.8 Å². The van der Waals surface area contributed by atoms with Crippen LogP contribution in [0.5, 0.6) is 0 Å². The van der Waals surface area contributed by atoms with Crippen molar-refractivity contribution in [1.29, 1.82) is 5.41 Å². The molecule has 1 aliphatic rings. The van der Waals surface area contributed by atoms with Crippen molar-refractivity contribution in [2.45, 2.75) is 50.4 Å². The van der Waals surface area contributed by atoms with Gasteiger partial charge in [-0.3, -0.25) is 20.3 Å². The Balaban J connectivity index is 1.37. The molecule has 8 nitrogen and oxygen atoms in total. The van der Waals surface area contributed by atoms with Gasteiger partial charge in [0.15, 0.2) is 5.96 Å². The summed E-state index contributed by atoms with van der Waals surface area (Å²) in [4.78, 5) is 29.3. The fourth-order valence-corrected chi connectivity index (χ4v) is 5.98. The van der Waals surface area contributed by atoms with Crippen LogP contribution in [0, 0.1) is 5.41 Å². The van der Waals surface area contributed by atoms with E-state index >= 15 is 0 Å². The predicted octanol–water partition coefficient (Wildman–Crippen LogP) is 4.11. The molecule has 0 aliphatic carbocycles. The van der Waals surface area contributed by atoms with E-state index in [0.29, 0.717) is 25.9 Å². The molecule has 0 saturated carbocycles. The Bertz CT molecular complexity index is 1500. The number of nitrogens with zero attached hydrogens (tertiary/aromatic N) is 1. The van der Waals surface area contributed by atoms with Gasteiger partial charge in [-0.1, -0.05) is 110 Å². The molecule has 1 fully saturated rings. The largest absolute Gasteiger partial charge is 0.370 e. The van der Waals surface area contributed by atoms with E-state index in [-0.39, 0.29) is 36.3 Å². The molecule has 0 aromatic heterocycles. The molecule has 0 spiro atoms. The lowest BCUT2D eigenvalue weighted by Crippen LogP contribution is -2.60. The Kier molecular flexibility index (Phi) is 9.69. The molecule has 4 aromatic rings. The molecular formula is C35H40N6O2. The van der Waals surface area contributed by atoms with Crippen LogP contribution in [-0.4, -0.2) is 53.9 Å². The van der Waals surface area contributed by atoms with Crippen LogP contribution in [0.2, 0.25) is 0 Å². The Morgan fingerprint density at radius 3 is 2.21 bits per heavy atom. The monoisotopic (exact) mass is 576 g/mol.